The summed E-state index contributed by atoms with van der Waals surface area (Å²) in [6, 6.07) is 35.9. The van der Waals surface area contributed by atoms with Crippen LogP contribution in [0, 0.1) is 0 Å². The van der Waals surface area contributed by atoms with Crippen molar-refractivity contribution in [3.8, 4) is 11.1 Å². The third kappa shape index (κ3) is 2.46. The van der Waals surface area contributed by atoms with E-state index in [1.165, 1.54) is 65.1 Å². The first-order valence-corrected chi connectivity index (χ1v) is 11.8. The summed E-state index contributed by atoms with van der Waals surface area (Å²) in [5, 5.41) is 12.0. The maximum Gasteiger partial charge on any atom is -0.00215 e. The molecular formula is C30H19P. The van der Waals surface area contributed by atoms with Crippen molar-refractivity contribution >= 4 is 63.1 Å². The van der Waals surface area contributed by atoms with Gasteiger partial charge >= 0.3 is 0 Å². The molecule has 7 rings (SSSR count). The van der Waals surface area contributed by atoms with Crippen LogP contribution in [-0.2, 0) is 0 Å². The highest BCUT2D eigenvalue weighted by molar-refractivity contribution is 7.51. The number of hydrogen-bond donors (Lipinski definition) is 0. The molecule has 1 unspecified atom stereocenters. The highest BCUT2D eigenvalue weighted by Gasteiger charge is 2.18. The summed E-state index contributed by atoms with van der Waals surface area (Å²) in [6.45, 7) is 0. The van der Waals surface area contributed by atoms with Crippen LogP contribution < -0.4 is 5.30 Å². The van der Waals surface area contributed by atoms with E-state index in [-0.39, 0.29) is 0 Å². The molecule has 0 N–H and O–H groups in total. The average molecular weight is 410 g/mol. The Hall–Kier alpha value is -3.47. The summed E-state index contributed by atoms with van der Waals surface area (Å²) >= 11 is 0. The Morgan fingerprint density at radius 2 is 1.06 bits per heavy atom. The van der Waals surface area contributed by atoms with E-state index in [1.807, 2.05) is 0 Å². The van der Waals surface area contributed by atoms with E-state index in [2.05, 4.69) is 109 Å². The van der Waals surface area contributed by atoms with E-state index in [1.54, 1.807) is 0 Å². The first-order valence-electron chi connectivity index (χ1n) is 10.7. The van der Waals surface area contributed by atoms with Gasteiger partial charge < -0.3 is 0 Å². The first kappa shape index (κ1) is 17.2. The van der Waals surface area contributed by atoms with Crippen LogP contribution in [0.25, 0.3) is 60.3 Å². The summed E-state index contributed by atoms with van der Waals surface area (Å²) in [5.41, 5.74) is 4.09. The minimum Gasteiger partial charge on any atom is -0.0662 e. The van der Waals surface area contributed by atoms with Gasteiger partial charge in [0.1, 0.15) is 0 Å². The van der Waals surface area contributed by atoms with E-state index in [4.69, 9.17) is 0 Å². The average Bonchev–Trinajstić information content (AvgIpc) is 3.03. The molecule has 0 radical (unpaired) electrons. The monoisotopic (exact) mass is 410 g/mol. The van der Waals surface area contributed by atoms with Crippen molar-refractivity contribution in [3.63, 3.8) is 0 Å². The third-order valence-electron chi connectivity index (χ3n) is 6.65. The maximum atomic E-state index is 2.35. The van der Waals surface area contributed by atoms with Gasteiger partial charge in [-0.1, -0.05) is 118 Å². The van der Waals surface area contributed by atoms with Gasteiger partial charge in [-0.2, -0.15) is 0 Å². The summed E-state index contributed by atoms with van der Waals surface area (Å²) in [7, 11) is 0.674. The molecule has 1 aliphatic heterocycles. The van der Waals surface area contributed by atoms with Crippen molar-refractivity contribution in [2.45, 2.75) is 0 Å². The zero-order valence-corrected chi connectivity index (χ0v) is 17.9. The number of benzene rings is 6. The second kappa shape index (κ2) is 6.51. The highest BCUT2D eigenvalue weighted by Crippen LogP contribution is 2.42. The van der Waals surface area contributed by atoms with E-state index in [0.717, 1.165) is 0 Å². The molecule has 0 aliphatic carbocycles. The maximum absolute atomic E-state index is 2.35. The SMILES string of the molecule is C1=Cc2c(ccc3c2ccc2ccccc23)-c2c(ccc3c2ccc2ccccc23)P1. The molecule has 31 heavy (non-hydrogen) atoms. The van der Waals surface area contributed by atoms with Gasteiger partial charge in [0.05, 0.1) is 0 Å². The molecule has 144 valence electrons. The van der Waals surface area contributed by atoms with Gasteiger partial charge in [0, 0.05) is 0 Å². The van der Waals surface area contributed by atoms with Gasteiger partial charge in [-0.3, -0.25) is 0 Å². The van der Waals surface area contributed by atoms with Gasteiger partial charge in [0.2, 0.25) is 0 Å². The standard InChI is InChI=1S/C30H19P/c1-3-7-21-19(5-1)9-11-25-23(21)13-14-28-26(25)17-18-31-29-16-15-24-22-8-4-2-6-20(22)10-12-27(24)30(28)29/h1-18,31H. The molecule has 1 atom stereocenters. The predicted octanol–water partition coefficient (Wildman–Crippen LogP) is 8.25. The largest absolute Gasteiger partial charge is 0.0662 e. The van der Waals surface area contributed by atoms with Crippen LogP contribution in [-0.4, -0.2) is 0 Å². The second-order valence-corrected chi connectivity index (χ2v) is 9.42. The van der Waals surface area contributed by atoms with Gasteiger partial charge in [-0.05, 0) is 65.1 Å². The topological polar surface area (TPSA) is 0 Å². The Morgan fingerprint density at radius 3 is 1.84 bits per heavy atom. The summed E-state index contributed by atoms with van der Waals surface area (Å²) in [4.78, 5) is 0. The van der Waals surface area contributed by atoms with Gasteiger partial charge in [-0.15, -0.1) is 0 Å². The zero-order valence-electron chi connectivity index (χ0n) is 16.9. The lowest BCUT2D eigenvalue weighted by atomic mass is 9.88. The van der Waals surface area contributed by atoms with Gasteiger partial charge in [-0.25, -0.2) is 0 Å². The molecule has 0 aromatic heterocycles. The highest BCUT2D eigenvalue weighted by atomic mass is 31.1. The molecule has 0 saturated heterocycles. The fourth-order valence-electron chi connectivity index (χ4n) is 5.22. The zero-order chi connectivity index (χ0) is 20.4. The first-order chi connectivity index (χ1) is 15.4. The van der Waals surface area contributed by atoms with E-state index >= 15 is 0 Å². The van der Waals surface area contributed by atoms with E-state index in [9.17, 15) is 0 Å². The van der Waals surface area contributed by atoms with Crippen LogP contribution in [0.1, 0.15) is 5.56 Å². The predicted molar refractivity (Wildman–Crippen MR) is 139 cm³/mol. The number of rotatable bonds is 0. The molecular weight excluding hydrogens is 391 g/mol. The van der Waals surface area contributed by atoms with Gasteiger partial charge in [0.15, 0.2) is 0 Å². The number of fused-ring (bicyclic) bond motifs is 11. The molecule has 0 saturated carbocycles. The lowest BCUT2D eigenvalue weighted by Crippen LogP contribution is -2.01. The minimum atomic E-state index is 0.674. The Bertz CT molecular complexity index is 1710. The molecule has 0 amide bonds. The van der Waals surface area contributed by atoms with Crippen LogP contribution >= 0.6 is 8.58 Å². The Morgan fingerprint density at radius 1 is 0.452 bits per heavy atom. The fourth-order valence-corrected chi connectivity index (χ4v) is 6.25. The second-order valence-electron chi connectivity index (χ2n) is 8.26. The van der Waals surface area contributed by atoms with Crippen molar-refractivity contribution in [1.82, 2.24) is 0 Å². The summed E-state index contributed by atoms with van der Waals surface area (Å²) < 4.78 is 0. The number of hydrogen-bond acceptors (Lipinski definition) is 0. The Kier molecular flexibility index (Phi) is 3.62. The molecule has 0 bridgehead atoms. The third-order valence-corrected chi connectivity index (χ3v) is 7.71. The van der Waals surface area contributed by atoms with Crippen molar-refractivity contribution in [2.24, 2.45) is 0 Å². The molecule has 6 aromatic carbocycles. The summed E-state index contributed by atoms with van der Waals surface area (Å²) in [6.07, 6.45) is 2.35. The van der Waals surface area contributed by atoms with E-state index in [0.29, 0.717) is 8.58 Å². The van der Waals surface area contributed by atoms with Gasteiger partial charge in [0.25, 0.3) is 0 Å². The fraction of sp³-hybridized carbons (Fsp3) is 0. The van der Waals surface area contributed by atoms with Crippen LogP contribution in [0.15, 0.2) is 103 Å². The lowest BCUT2D eigenvalue weighted by Gasteiger charge is -2.16. The summed E-state index contributed by atoms with van der Waals surface area (Å²) in [5.74, 6) is 2.35. The van der Waals surface area contributed by atoms with Crippen molar-refractivity contribution in [1.29, 1.82) is 0 Å². The molecule has 6 aromatic rings. The lowest BCUT2D eigenvalue weighted by molar-refractivity contribution is 1.70. The smallest absolute Gasteiger partial charge is 0.00215 e. The van der Waals surface area contributed by atoms with Crippen LogP contribution in [0.2, 0.25) is 0 Å². The molecule has 0 fully saturated rings. The normalized spacial score (nSPS) is 13.7. The molecule has 1 heteroatoms. The van der Waals surface area contributed by atoms with Crippen LogP contribution in [0.5, 0.6) is 0 Å². The quantitative estimate of drug-likeness (QED) is 0.175. The van der Waals surface area contributed by atoms with Crippen molar-refractivity contribution in [2.75, 3.05) is 0 Å². The Balaban J connectivity index is 1.62. The minimum absolute atomic E-state index is 0.674. The molecule has 0 spiro atoms. The molecule has 0 nitrogen and oxygen atoms in total. The van der Waals surface area contributed by atoms with Crippen LogP contribution in [0.3, 0.4) is 0 Å². The van der Waals surface area contributed by atoms with Crippen molar-refractivity contribution < 1.29 is 0 Å². The van der Waals surface area contributed by atoms with E-state index < -0.39 is 0 Å². The van der Waals surface area contributed by atoms with Crippen molar-refractivity contribution in [3.05, 3.63) is 108 Å². The van der Waals surface area contributed by atoms with Crippen LogP contribution in [0.4, 0.5) is 0 Å². The molecule has 1 heterocycles. The molecule has 1 aliphatic rings. The Labute approximate surface area is 182 Å².